The van der Waals surface area contributed by atoms with E-state index in [9.17, 15) is 0 Å². The summed E-state index contributed by atoms with van der Waals surface area (Å²) in [5.41, 5.74) is 4.49. The Morgan fingerprint density at radius 3 is 2.74 bits per heavy atom. The summed E-state index contributed by atoms with van der Waals surface area (Å²) < 4.78 is 0. The number of likely N-dealkylation sites (N-methyl/N-ethyl adjacent to an activating group) is 1. The zero-order valence-electron chi connectivity index (χ0n) is 11.8. The molecular weight excluding hydrogens is 274 g/mol. The number of aromatic nitrogens is 1. The molecular formula is C14H21N3S2. The summed E-state index contributed by atoms with van der Waals surface area (Å²) in [4.78, 5) is 9.45. The number of nitrogens with one attached hydrogen (secondary N) is 1. The fourth-order valence-corrected chi connectivity index (χ4v) is 3.59. The van der Waals surface area contributed by atoms with Gasteiger partial charge in [-0.05, 0) is 37.9 Å². The maximum atomic E-state index is 4.29. The Balaban J connectivity index is 1.66. The highest BCUT2D eigenvalue weighted by Crippen LogP contribution is 2.15. The molecule has 19 heavy (non-hydrogen) atoms. The molecule has 0 aromatic carbocycles. The van der Waals surface area contributed by atoms with Crippen molar-refractivity contribution in [2.24, 2.45) is 0 Å². The van der Waals surface area contributed by atoms with Gasteiger partial charge >= 0.3 is 0 Å². The largest absolute Gasteiger partial charge is 0.311 e. The summed E-state index contributed by atoms with van der Waals surface area (Å²) in [5, 5.41) is 5.67. The zero-order chi connectivity index (χ0) is 13.7. The molecule has 0 spiro atoms. The van der Waals surface area contributed by atoms with Gasteiger partial charge in [0.2, 0.25) is 0 Å². The minimum atomic E-state index is 0.983. The van der Waals surface area contributed by atoms with E-state index in [1.165, 1.54) is 21.0 Å². The fourth-order valence-electron chi connectivity index (χ4n) is 1.86. The van der Waals surface area contributed by atoms with Gasteiger partial charge in [0, 0.05) is 35.9 Å². The second-order valence-electron chi connectivity index (χ2n) is 4.80. The molecule has 2 rings (SSSR count). The van der Waals surface area contributed by atoms with Crippen LogP contribution in [0.1, 0.15) is 21.0 Å². The van der Waals surface area contributed by atoms with E-state index in [1.54, 1.807) is 11.3 Å². The first kappa shape index (κ1) is 14.7. The number of nitrogens with zero attached hydrogens (tertiary/aromatic N) is 2. The lowest BCUT2D eigenvalue weighted by Crippen LogP contribution is -2.28. The van der Waals surface area contributed by atoms with E-state index in [-0.39, 0.29) is 0 Å². The highest BCUT2D eigenvalue weighted by atomic mass is 32.1. The zero-order valence-corrected chi connectivity index (χ0v) is 13.4. The highest BCUT2D eigenvalue weighted by Gasteiger charge is 2.05. The second kappa shape index (κ2) is 7.14. The average Bonchev–Trinajstić information content (AvgIpc) is 2.95. The molecule has 0 fully saturated rings. The van der Waals surface area contributed by atoms with Gasteiger partial charge in [-0.2, -0.15) is 0 Å². The maximum absolute atomic E-state index is 4.29. The number of thiazole rings is 1. The molecule has 3 nitrogen and oxygen atoms in total. The molecule has 0 atom stereocenters. The lowest BCUT2D eigenvalue weighted by Gasteiger charge is -2.16. The van der Waals surface area contributed by atoms with Crippen LogP contribution < -0.4 is 5.32 Å². The predicted molar refractivity (Wildman–Crippen MR) is 83.9 cm³/mol. The van der Waals surface area contributed by atoms with E-state index in [0.29, 0.717) is 0 Å². The SMILES string of the molecule is Cc1ccsc1CNCCN(C)Cc1scnc1C. The predicted octanol–water partition coefficient (Wildman–Crippen LogP) is 3.04. The summed E-state index contributed by atoms with van der Waals surface area (Å²) in [7, 11) is 2.16. The Kier molecular flexibility index (Phi) is 5.51. The minimum Gasteiger partial charge on any atom is -0.311 e. The van der Waals surface area contributed by atoms with Crippen molar-refractivity contribution in [1.82, 2.24) is 15.2 Å². The topological polar surface area (TPSA) is 28.2 Å². The van der Waals surface area contributed by atoms with Gasteiger partial charge in [-0.25, -0.2) is 4.98 Å². The molecule has 0 unspecified atom stereocenters. The Morgan fingerprint density at radius 1 is 1.26 bits per heavy atom. The van der Waals surface area contributed by atoms with Gasteiger partial charge in [-0.1, -0.05) is 0 Å². The molecule has 0 aliphatic carbocycles. The monoisotopic (exact) mass is 295 g/mol. The third-order valence-corrected chi connectivity index (χ3v) is 5.13. The maximum Gasteiger partial charge on any atom is 0.0798 e. The summed E-state index contributed by atoms with van der Waals surface area (Å²) in [6.07, 6.45) is 0. The second-order valence-corrected chi connectivity index (χ2v) is 6.74. The fraction of sp³-hybridized carbons (Fsp3) is 0.500. The Morgan fingerprint density at radius 2 is 2.11 bits per heavy atom. The number of hydrogen-bond donors (Lipinski definition) is 1. The van der Waals surface area contributed by atoms with Crippen LogP contribution in [0.15, 0.2) is 17.0 Å². The molecule has 0 amide bonds. The first-order valence-corrected chi connectivity index (χ1v) is 8.24. The standard InChI is InChI=1S/C14H21N3S2/c1-11-4-7-18-13(11)8-15-5-6-17(3)9-14-12(2)16-10-19-14/h4,7,10,15H,5-6,8-9H2,1-3H3. The lowest BCUT2D eigenvalue weighted by atomic mass is 10.3. The molecule has 0 bridgehead atoms. The van der Waals surface area contributed by atoms with E-state index in [1.807, 2.05) is 16.8 Å². The molecule has 0 saturated heterocycles. The van der Waals surface area contributed by atoms with E-state index < -0.39 is 0 Å². The molecule has 2 aromatic heterocycles. The van der Waals surface area contributed by atoms with Crippen LogP contribution >= 0.6 is 22.7 Å². The third kappa shape index (κ3) is 4.38. The van der Waals surface area contributed by atoms with E-state index in [0.717, 1.165) is 26.2 Å². The third-order valence-electron chi connectivity index (χ3n) is 3.18. The molecule has 0 aliphatic rings. The van der Waals surface area contributed by atoms with Crippen molar-refractivity contribution in [2.75, 3.05) is 20.1 Å². The smallest absolute Gasteiger partial charge is 0.0798 e. The Labute approximate surface area is 123 Å². The molecule has 5 heteroatoms. The minimum absolute atomic E-state index is 0.983. The van der Waals surface area contributed by atoms with Crippen molar-refractivity contribution in [1.29, 1.82) is 0 Å². The number of hydrogen-bond acceptors (Lipinski definition) is 5. The van der Waals surface area contributed by atoms with E-state index in [4.69, 9.17) is 0 Å². The van der Waals surface area contributed by atoms with Gasteiger partial charge < -0.3 is 5.32 Å². The van der Waals surface area contributed by atoms with Crippen molar-refractivity contribution in [3.8, 4) is 0 Å². The first-order chi connectivity index (χ1) is 9.16. The molecule has 2 aromatic rings. The van der Waals surface area contributed by atoms with Crippen molar-refractivity contribution in [2.45, 2.75) is 26.9 Å². The molecule has 0 saturated carbocycles. The summed E-state index contributed by atoms with van der Waals surface area (Å²) in [5.74, 6) is 0. The number of aryl methyl sites for hydroxylation is 2. The lowest BCUT2D eigenvalue weighted by molar-refractivity contribution is 0.326. The van der Waals surface area contributed by atoms with Gasteiger partial charge in [-0.15, -0.1) is 22.7 Å². The molecule has 1 N–H and O–H groups in total. The molecule has 2 heterocycles. The van der Waals surface area contributed by atoms with Crippen LogP contribution in [0.3, 0.4) is 0 Å². The van der Waals surface area contributed by atoms with Crippen LogP contribution in [0.5, 0.6) is 0 Å². The van der Waals surface area contributed by atoms with Gasteiger partial charge in [-0.3, -0.25) is 4.90 Å². The van der Waals surface area contributed by atoms with Gasteiger partial charge in [0.1, 0.15) is 0 Å². The van der Waals surface area contributed by atoms with Crippen LogP contribution in [0.2, 0.25) is 0 Å². The molecule has 104 valence electrons. The van der Waals surface area contributed by atoms with Crippen LogP contribution in [0, 0.1) is 13.8 Å². The van der Waals surface area contributed by atoms with Gasteiger partial charge in [0.25, 0.3) is 0 Å². The summed E-state index contributed by atoms with van der Waals surface area (Å²) in [6.45, 7) is 8.31. The van der Waals surface area contributed by atoms with E-state index in [2.05, 4.69) is 47.5 Å². The molecule has 0 radical (unpaired) electrons. The van der Waals surface area contributed by atoms with Crippen molar-refractivity contribution < 1.29 is 0 Å². The Hall–Kier alpha value is -0.750. The van der Waals surface area contributed by atoms with Crippen LogP contribution in [-0.4, -0.2) is 30.0 Å². The quantitative estimate of drug-likeness (QED) is 0.796. The highest BCUT2D eigenvalue weighted by molar-refractivity contribution is 7.10. The summed E-state index contributed by atoms with van der Waals surface area (Å²) >= 11 is 3.58. The normalized spacial score (nSPS) is 11.4. The number of rotatable bonds is 7. The van der Waals surface area contributed by atoms with Crippen molar-refractivity contribution in [3.63, 3.8) is 0 Å². The van der Waals surface area contributed by atoms with E-state index >= 15 is 0 Å². The van der Waals surface area contributed by atoms with Gasteiger partial charge in [0.05, 0.1) is 11.2 Å². The van der Waals surface area contributed by atoms with Crippen LogP contribution in [-0.2, 0) is 13.1 Å². The van der Waals surface area contributed by atoms with Crippen molar-refractivity contribution in [3.05, 3.63) is 38.0 Å². The molecule has 0 aliphatic heterocycles. The van der Waals surface area contributed by atoms with Gasteiger partial charge in [0.15, 0.2) is 0 Å². The van der Waals surface area contributed by atoms with Crippen molar-refractivity contribution >= 4 is 22.7 Å². The summed E-state index contributed by atoms with van der Waals surface area (Å²) in [6, 6.07) is 2.18. The first-order valence-electron chi connectivity index (χ1n) is 6.48. The average molecular weight is 295 g/mol. The van der Waals surface area contributed by atoms with Crippen LogP contribution in [0.25, 0.3) is 0 Å². The Bertz CT molecular complexity index is 504. The van der Waals surface area contributed by atoms with Crippen LogP contribution in [0.4, 0.5) is 0 Å². The number of thiophene rings is 1.